The molecule has 1 atom stereocenters. The summed E-state index contributed by atoms with van der Waals surface area (Å²) in [5.41, 5.74) is 1.14. The number of rotatable bonds is 2. The Bertz CT molecular complexity index is 326. The molecule has 1 fully saturated rings. The number of hydrogen-bond acceptors (Lipinski definition) is 2. The topological polar surface area (TPSA) is 21.3 Å². The third-order valence-electron chi connectivity index (χ3n) is 2.22. The number of nitrogens with one attached hydrogen (secondary N) is 1. The van der Waals surface area contributed by atoms with Gasteiger partial charge in [0.2, 0.25) is 0 Å². The molecule has 0 spiro atoms. The fourth-order valence-electron chi connectivity index (χ4n) is 1.47. The van der Waals surface area contributed by atoms with E-state index in [2.05, 4.69) is 27.9 Å². The predicted octanol–water partition coefficient (Wildman–Crippen LogP) is 3.15. The van der Waals surface area contributed by atoms with Crippen molar-refractivity contribution in [2.75, 3.05) is 18.5 Å². The number of anilines is 1. The first-order chi connectivity index (χ1) is 6.75. The lowest BCUT2D eigenvalue weighted by molar-refractivity contribution is 0.195. The smallest absolute Gasteiger partial charge is 0.0668 e. The molecule has 0 radical (unpaired) electrons. The van der Waals surface area contributed by atoms with Crippen molar-refractivity contribution in [1.29, 1.82) is 0 Å². The molecular formula is C10H11ClINO. The second kappa shape index (κ2) is 4.68. The minimum Gasteiger partial charge on any atom is -0.379 e. The van der Waals surface area contributed by atoms with Crippen LogP contribution < -0.4 is 5.32 Å². The molecule has 1 aromatic rings. The van der Waals surface area contributed by atoms with Crippen LogP contribution >= 0.6 is 34.2 Å². The van der Waals surface area contributed by atoms with Gasteiger partial charge in [0.1, 0.15) is 0 Å². The summed E-state index contributed by atoms with van der Waals surface area (Å²) in [7, 11) is 0. The van der Waals surface area contributed by atoms with Gasteiger partial charge in [-0.05, 0) is 47.2 Å². The van der Waals surface area contributed by atoms with Crippen LogP contribution in [0.5, 0.6) is 0 Å². The summed E-state index contributed by atoms with van der Waals surface area (Å²) < 4.78 is 6.46. The summed E-state index contributed by atoms with van der Waals surface area (Å²) in [6.07, 6.45) is 1.08. The van der Waals surface area contributed by atoms with Crippen LogP contribution in [-0.4, -0.2) is 19.3 Å². The minimum atomic E-state index is 0.449. The van der Waals surface area contributed by atoms with E-state index in [1.807, 2.05) is 18.2 Å². The average molecular weight is 324 g/mol. The summed E-state index contributed by atoms with van der Waals surface area (Å²) in [6.45, 7) is 1.67. The highest BCUT2D eigenvalue weighted by atomic mass is 127. The zero-order chi connectivity index (χ0) is 9.97. The maximum atomic E-state index is 5.88. The quantitative estimate of drug-likeness (QED) is 0.844. The predicted molar refractivity (Wildman–Crippen MR) is 67.0 cm³/mol. The van der Waals surface area contributed by atoms with Crippen LogP contribution in [0.4, 0.5) is 5.69 Å². The van der Waals surface area contributed by atoms with E-state index in [-0.39, 0.29) is 0 Å². The molecule has 2 nitrogen and oxygen atoms in total. The van der Waals surface area contributed by atoms with Crippen LogP contribution in [0, 0.1) is 3.57 Å². The van der Waals surface area contributed by atoms with E-state index in [0.29, 0.717) is 6.04 Å². The molecule has 1 heterocycles. The zero-order valence-electron chi connectivity index (χ0n) is 7.59. The molecule has 14 heavy (non-hydrogen) atoms. The molecule has 0 bridgehead atoms. The molecule has 0 aliphatic carbocycles. The monoisotopic (exact) mass is 323 g/mol. The lowest BCUT2D eigenvalue weighted by Crippen LogP contribution is -2.19. The molecule has 1 aromatic carbocycles. The van der Waals surface area contributed by atoms with Gasteiger partial charge in [-0.2, -0.15) is 0 Å². The van der Waals surface area contributed by atoms with Crippen LogP contribution in [0.3, 0.4) is 0 Å². The van der Waals surface area contributed by atoms with Crippen molar-refractivity contribution < 1.29 is 4.74 Å². The van der Waals surface area contributed by atoms with Crippen molar-refractivity contribution in [2.24, 2.45) is 0 Å². The first-order valence-electron chi connectivity index (χ1n) is 4.55. The van der Waals surface area contributed by atoms with Crippen LogP contribution in [0.25, 0.3) is 0 Å². The molecule has 1 saturated heterocycles. The standard InChI is InChI=1S/C10H11ClINO/c11-7-1-2-10(9(12)5-7)13-8-3-4-14-6-8/h1-2,5,8,13H,3-4,6H2. The summed E-state index contributed by atoms with van der Waals surface area (Å²) >= 11 is 8.16. The van der Waals surface area contributed by atoms with E-state index >= 15 is 0 Å². The highest BCUT2D eigenvalue weighted by Gasteiger charge is 2.15. The summed E-state index contributed by atoms with van der Waals surface area (Å²) in [4.78, 5) is 0. The molecular weight excluding hydrogens is 312 g/mol. The molecule has 0 aromatic heterocycles. The van der Waals surface area contributed by atoms with Crippen LogP contribution in [-0.2, 0) is 4.74 Å². The van der Waals surface area contributed by atoms with Gasteiger partial charge >= 0.3 is 0 Å². The van der Waals surface area contributed by atoms with E-state index in [1.165, 1.54) is 0 Å². The van der Waals surface area contributed by atoms with Crippen LogP contribution in [0.15, 0.2) is 18.2 Å². The van der Waals surface area contributed by atoms with E-state index in [1.54, 1.807) is 0 Å². The van der Waals surface area contributed by atoms with Gasteiger partial charge in [-0.15, -0.1) is 0 Å². The number of ether oxygens (including phenoxy) is 1. The van der Waals surface area contributed by atoms with Gasteiger partial charge in [0, 0.05) is 20.9 Å². The Morgan fingerprint density at radius 1 is 1.50 bits per heavy atom. The Balaban J connectivity index is 2.08. The van der Waals surface area contributed by atoms with Crippen molar-refractivity contribution in [3.63, 3.8) is 0 Å². The van der Waals surface area contributed by atoms with E-state index in [0.717, 1.165) is 33.9 Å². The Morgan fingerprint density at radius 2 is 2.36 bits per heavy atom. The summed E-state index contributed by atoms with van der Waals surface area (Å²) in [5, 5.41) is 4.23. The normalized spacial score (nSPS) is 21.1. The zero-order valence-corrected chi connectivity index (χ0v) is 10.5. The summed E-state index contributed by atoms with van der Waals surface area (Å²) in [5.74, 6) is 0. The van der Waals surface area contributed by atoms with Crippen molar-refractivity contribution in [1.82, 2.24) is 0 Å². The molecule has 4 heteroatoms. The number of benzene rings is 1. The third kappa shape index (κ3) is 2.52. The van der Waals surface area contributed by atoms with Crippen molar-refractivity contribution in [2.45, 2.75) is 12.5 Å². The van der Waals surface area contributed by atoms with Gasteiger partial charge < -0.3 is 10.1 Å². The van der Waals surface area contributed by atoms with Crippen LogP contribution in [0.2, 0.25) is 5.02 Å². The van der Waals surface area contributed by atoms with Gasteiger partial charge in [-0.3, -0.25) is 0 Å². The number of hydrogen-bond donors (Lipinski definition) is 1. The van der Waals surface area contributed by atoms with Gasteiger partial charge in [0.25, 0.3) is 0 Å². The molecule has 1 aliphatic rings. The second-order valence-electron chi connectivity index (χ2n) is 3.33. The van der Waals surface area contributed by atoms with Crippen molar-refractivity contribution in [3.8, 4) is 0 Å². The fourth-order valence-corrected chi connectivity index (χ4v) is 2.50. The largest absolute Gasteiger partial charge is 0.379 e. The lowest BCUT2D eigenvalue weighted by Gasteiger charge is -2.13. The lowest BCUT2D eigenvalue weighted by atomic mass is 10.2. The highest BCUT2D eigenvalue weighted by molar-refractivity contribution is 14.1. The third-order valence-corrected chi connectivity index (χ3v) is 3.35. The molecule has 0 saturated carbocycles. The first-order valence-corrected chi connectivity index (χ1v) is 6.01. The Morgan fingerprint density at radius 3 is 3.00 bits per heavy atom. The second-order valence-corrected chi connectivity index (χ2v) is 4.93. The minimum absolute atomic E-state index is 0.449. The first kappa shape index (κ1) is 10.5. The average Bonchev–Trinajstić information content (AvgIpc) is 2.62. The molecule has 2 rings (SSSR count). The molecule has 1 aliphatic heterocycles. The Labute approximate surface area is 102 Å². The molecule has 76 valence electrons. The highest BCUT2D eigenvalue weighted by Crippen LogP contribution is 2.24. The Kier molecular flexibility index (Phi) is 3.52. The SMILES string of the molecule is Clc1ccc(NC2CCOC2)c(I)c1. The van der Waals surface area contributed by atoms with Crippen molar-refractivity contribution in [3.05, 3.63) is 26.8 Å². The van der Waals surface area contributed by atoms with Crippen molar-refractivity contribution >= 4 is 39.9 Å². The molecule has 1 N–H and O–H groups in total. The van der Waals surface area contributed by atoms with Gasteiger partial charge in [-0.25, -0.2) is 0 Å². The maximum Gasteiger partial charge on any atom is 0.0668 e. The van der Waals surface area contributed by atoms with Gasteiger partial charge in [0.05, 0.1) is 12.6 Å². The fraction of sp³-hybridized carbons (Fsp3) is 0.400. The number of halogens is 2. The maximum absolute atomic E-state index is 5.88. The molecule has 0 amide bonds. The van der Waals surface area contributed by atoms with E-state index in [4.69, 9.17) is 16.3 Å². The summed E-state index contributed by atoms with van der Waals surface area (Å²) in [6, 6.07) is 6.33. The molecule has 1 unspecified atom stereocenters. The van der Waals surface area contributed by atoms with E-state index < -0.39 is 0 Å². The van der Waals surface area contributed by atoms with Crippen LogP contribution in [0.1, 0.15) is 6.42 Å². The van der Waals surface area contributed by atoms with Gasteiger partial charge in [-0.1, -0.05) is 11.6 Å². The van der Waals surface area contributed by atoms with E-state index in [9.17, 15) is 0 Å². The Hall–Kier alpha value is -0.000000000000000111. The van der Waals surface area contributed by atoms with Gasteiger partial charge in [0.15, 0.2) is 0 Å².